The van der Waals surface area contributed by atoms with Gasteiger partial charge in [0.1, 0.15) is 11.9 Å². The molecule has 1 saturated carbocycles. The predicted molar refractivity (Wildman–Crippen MR) is 132 cm³/mol. The molecule has 0 radical (unpaired) electrons. The minimum Gasteiger partial charge on any atom is -0.340 e. The van der Waals surface area contributed by atoms with E-state index in [1.807, 2.05) is 19.1 Å². The van der Waals surface area contributed by atoms with Gasteiger partial charge in [-0.1, -0.05) is 25.7 Å². The van der Waals surface area contributed by atoms with Gasteiger partial charge in [-0.05, 0) is 56.2 Å². The fraction of sp³-hybridized carbons (Fsp3) is 0.500. The number of carbonyl (C=O) groups is 1. The van der Waals surface area contributed by atoms with Crippen molar-refractivity contribution in [1.82, 2.24) is 9.29 Å². The Labute approximate surface area is 196 Å². The van der Waals surface area contributed by atoms with E-state index in [0.29, 0.717) is 11.9 Å². The van der Waals surface area contributed by atoms with Crippen LogP contribution in [-0.2, 0) is 14.8 Å². The molecule has 1 N–H and O–H groups in total. The summed E-state index contributed by atoms with van der Waals surface area (Å²) in [7, 11) is 1.36. The van der Waals surface area contributed by atoms with Gasteiger partial charge < -0.3 is 15.1 Å². The van der Waals surface area contributed by atoms with Crippen LogP contribution in [0, 0.1) is 0 Å². The summed E-state index contributed by atoms with van der Waals surface area (Å²) >= 11 is 0. The summed E-state index contributed by atoms with van der Waals surface area (Å²) in [4.78, 5) is 22.0. The molecular formula is C24H33N5O3S. The van der Waals surface area contributed by atoms with E-state index in [1.54, 1.807) is 36.2 Å². The Hall–Kier alpha value is -2.65. The number of hydrogen-bond acceptors (Lipinski definition) is 6. The van der Waals surface area contributed by atoms with Crippen molar-refractivity contribution in [2.24, 2.45) is 0 Å². The summed E-state index contributed by atoms with van der Waals surface area (Å²) < 4.78 is 25.8. The molecule has 8 nitrogen and oxygen atoms in total. The van der Waals surface area contributed by atoms with Gasteiger partial charge in [0.15, 0.2) is 5.82 Å². The van der Waals surface area contributed by atoms with Crippen molar-refractivity contribution < 1.29 is 13.2 Å². The molecule has 1 atom stereocenters. The SMILES string of the molecule is C[C@@H]1C(=O)N(C)c2ccc(Nc3ccc(S(=O)(=O)N(C)C)cc3)nc2N1C1CCCCCC1. The largest absolute Gasteiger partial charge is 0.340 e. The minimum atomic E-state index is -3.47. The number of amides is 1. The summed E-state index contributed by atoms with van der Waals surface area (Å²) in [5, 5.41) is 3.29. The van der Waals surface area contributed by atoms with Crippen molar-refractivity contribution in [1.29, 1.82) is 0 Å². The number of likely N-dealkylation sites (N-methyl/N-ethyl adjacent to an activating group) is 1. The highest BCUT2D eigenvalue weighted by Crippen LogP contribution is 2.39. The molecule has 1 aliphatic heterocycles. The lowest BCUT2D eigenvalue weighted by atomic mass is 10.0. The number of pyridine rings is 1. The standard InChI is InChI=1S/C24H33N5O3S/c1-17-24(30)28(4)21-15-16-22(26-23(21)29(17)19-9-7-5-6-8-10-19)25-18-11-13-20(14-12-18)33(31,32)27(2)3/h11-17,19H,5-10H2,1-4H3,(H,25,26)/t17-/m1/s1. The van der Waals surface area contributed by atoms with E-state index in [4.69, 9.17) is 4.98 Å². The van der Waals surface area contributed by atoms with Crippen molar-refractivity contribution in [3.05, 3.63) is 36.4 Å². The minimum absolute atomic E-state index is 0.0898. The van der Waals surface area contributed by atoms with Gasteiger partial charge in [0, 0.05) is 32.9 Å². The Balaban J connectivity index is 1.64. The van der Waals surface area contributed by atoms with Crippen LogP contribution in [0.3, 0.4) is 0 Å². The smallest absolute Gasteiger partial charge is 0.249 e. The van der Waals surface area contributed by atoms with Crippen LogP contribution in [0.15, 0.2) is 41.3 Å². The van der Waals surface area contributed by atoms with E-state index in [9.17, 15) is 13.2 Å². The third kappa shape index (κ3) is 4.56. The van der Waals surface area contributed by atoms with Gasteiger partial charge in [-0.2, -0.15) is 0 Å². The number of nitrogens with one attached hydrogen (secondary N) is 1. The van der Waals surface area contributed by atoms with Crippen molar-refractivity contribution in [2.75, 3.05) is 36.3 Å². The molecule has 4 rings (SSSR count). The molecule has 0 spiro atoms. The van der Waals surface area contributed by atoms with Gasteiger partial charge in [-0.15, -0.1) is 0 Å². The van der Waals surface area contributed by atoms with Gasteiger partial charge in [-0.3, -0.25) is 4.79 Å². The van der Waals surface area contributed by atoms with Crippen molar-refractivity contribution in [3.63, 3.8) is 0 Å². The van der Waals surface area contributed by atoms with Crippen LogP contribution >= 0.6 is 0 Å². The van der Waals surface area contributed by atoms with E-state index in [2.05, 4.69) is 10.2 Å². The molecule has 1 amide bonds. The molecule has 178 valence electrons. The van der Waals surface area contributed by atoms with Crippen LogP contribution in [0.5, 0.6) is 0 Å². The Morgan fingerprint density at radius 2 is 1.64 bits per heavy atom. The van der Waals surface area contributed by atoms with E-state index < -0.39 is 10.0 Å². The zero-order chi connectivity index (χ0) is 23.8. The van der Waals surface area contributed by atoms with Crippen LogP contribution < -0.4 is 15.1 Å². The first-order valence-corrected chi connectivity index (χ1v) is 13.0. The average Bonchev–Trinajstić information content (AvgIpc) is 3.07. The number of sulfonamides is 1. The number of carbonyl (C=O) groups excluding carboxylic acids is 1. The van der Waals surface area contributed by atoms with Crippen LogP contribution in [0.25, 0.3) is 0 Å². The molecule has 33 heavy (non-hydrogen) atoms. The zero-order valence-corrected chi connectivity index (χ0v) is 20.6. The number of fused-ring (bicyclic) bond motifs is 1. The van der Waals surface area contributed by atoms with E-state index in [0.717, 1.165) is 30.0 Å². The first-order chi connectivity index (χ1) is 15.7. The fourth-order valence-corrected chi connectivity index (χ4v) is 5.66. The second kappa shape index (κ2) is 9.30. The Kier molecular flexibility index (Phi) is 6.63. The highest BCUT2D eigenvalue weighted by Gasteiger charge is 2.38. The molecular weight excluding hydrogens is 438 g/mol. The molecule has 1 aliphatic carbocycles. The number of nitrogens with zero attached hydrogens (tertiary/aromatic N) is 4. The highest BCUT2D eigenvalue weighted by molar-refractivity contribution is 7.89. The topological polar surface area (TPSA) is 85.8 Å². The maximum atomic E-state index is 13.0. The molecule has 1 aromatic heterocycles. The number of aromatic nitrogens is 1. The van der Waals surface area contributed by atoms with E-state index in [-0.39, 0.29) is 16.8 Å². The molecule has 2 aliphatic rings. The summed E-state index contributed by atoms with van der Waals surface area (Å²) in [6.45, 7) is 1.97. The second-order valence-corrected chi connectivity index (χ2v) is 11.3. The summed E-state index contributed by atoms with van der Waals surface area (Å²) in [5.74, 6) is 1.57. The van der Waals surface area contributed by atoms with E-state index in [1.165, 1.54) is 44.1 Å². The van der Waals surface area contributed by atoms with Crippen molar-refractivity contribution in [3.8, 4) is 0 Å². The molecule has 0 unspecified atom stereocenters. The lowest BCUT2D eigenvalue weighted by molar-refractivity contribution is -0.119. The lowest BCUT2D eigenvalue weighted by Crippen LogP contribution is -2.55. The van der Waals surface area contributed by atoms with Crippen LogP contribution in [-0.4, -0.2) is 56.8 Å². The molecule has 9 heteroatoms. The number of rotatable bonds is 5. The normalized spacial score (nSPS) is 20.0. The quantitative estimate of drug-likeness (QED) is 0.664. The zero-order valence-electron chi connectivity index (χ0n) is 19.8. The van der Waals surface area contributed by atoms with Gasteiger partial charge in [0.05, 0.1) is 10.6 Å². The summed E-state index contributed by atoms with van der Waals surface area (Å²) in [6.07, 6.45) is 6.98. The summed E-state index contributed by atoms with van der Waals surface area (Å²) in [5.41, 5.74) is 1.56. The van der Waals surface area contributed by atoms with Crippen LogP contribution in [0.1, 0.15) is 45.4 Å². The second-order valence-electron chi connectivity index (χ2n) is 9.10. The maximum absolute atomic E-state index is 13.0. The third-order valence-electron chi connectivity index (χ3n) is 6.69. The lowest BCUT2D eigenvalue weighted by Gasteiger charge is -2.43. The number of anilines is 4. The van der Waals surface area contributed by atoms with Gasteiger partial charge >= 0.3 is 0 Å². The predicted octanol–water partition coefficient (Wildman–Crippen LogP) is 3.97. The van der Waals surface area contributed by atoms with Crippen LogP contribution in [0.2, 0.25) is 0 Å². The van der Waals surface area contributed by atoms with Crippen molar-refractivity contribution in [2.45, 2.75) is 62.4 Å². The monoisotopic (exact) mass is 471 g/mol. The third-order valence-corrected chi connectivity index (χ3v) is 8.52. The number of benzene rings is 1. The molecule has 1 aromatic carbocycles. The van der Waals surface area contributed by atoms with Crippen molar-refractivity contribution >= 4 is 38.9 Å². The molecule has 0 bridgehead atoms. The Bertz CT molecular complexity index is 1110. The first-order valence-electron chi connectivity index (χ1n) is 11.6. The number of hydrogen-bond donors (Lipinski definition) is 1. The van der Waals surface area contributed by atoms with Gasteiger partial charge in [0.25, 0.3) is 0 Å². The Morgan fingerprint density at radius 3 is 2.24 bits per heavy atom. The Morgan fingerprint density at radius 1 is 1.00 bits per heavy atom. The van der Waals surface area contributed by atoms with Crippen LogP contribution in [0.4, 0.5) is 23.0 Å². The van der Waals surface area contributed by atoms with Gasteiger partial charge in [0.2, 0.25) is 15.9 Å². The average molecular weight is 472 g/mol. The summed E-state index contributed by atoms with van der Waals surface area (Å²) in [6, 6.07) is 10.5. The molecule has 1 fully saturated rings. The molecule has 2 heterocycles. The van der Waals surface area contributed by atoms with Gasteiger partial charge in [-0.25, -0.2) is 17.7 Å². The fourth-order valence-electron chi connectivity index (χ4n) is 4.76. The first kappa shape index (κ1) is 23.5. The molecule has 0 saturated heterocycles. The van der Waals surface area contributed by atoms with E-state index >= 15 is 0 Å². The maximum Gasteiger partial charge on any atom is 0.249 e. The highest BCUT2D eigenvalue weighted by atomic mass is 32.2. The molecule has 2 aromatic rings.